The number of hydrogen-bond donors (Lipinski definition) is 1. The van der Waals surface area contributed by atoms with Crippen molar-refractivity contribution in [3.63, 3.8) is 0 Å². The lowest BCUT2D eigenvalue weighted by molar-refractivity contribution is 0.457. The van der Waals surface area contributed by atoms with Crippen molar-refractivity contribution in [1.29, 1.82) is 0 Å². The van der Waals surface area contributed by atoms with E-state index in [-0.39, 0.29) is 5.41 Å². The van der Waals surface area contributed by atoms with E-state index in [1.165, 1.54) is 28.4 Å². The fourth-order valence-corrected chi connectivity index (χ4v) is 4.48. The number of hydrogen-bond acceptors (Lipinski definition) is 3. The minimum Gasteiger partial charge on any atom is -0.366 e. The maximum Gasteiger partial charge on any atom is 0.114 e. The molecule has 3 heteroatoms. The third kappa shape index (κ3) is 1.19. The van der Waals surface area contributed by atoms with E-state index in [0.717, 1.165) is 6.42 Å². The van der Waals surface area contributed by atoms with Crippen LogP contribution in [0.4, 0.5) is 5.69 Å². The molecule has 0 amide bonds. The van der Waals surface area contributed by atoms with Crippen LogP contribution in [0.15, 0.2) is 40.5 Å². The molecule has 4 rings (SSSR count). The minimum absolute atomic E-state index is 0.0361. The summed E-state index contributed by atoms with van der Waals surface area (Å²) < 4.78 is 0. The van der Waals surface area contributed by atoms with Crippen molar-refractivity contribution in [3.8, 4) is 0 Å². The van der Waals surface area contributed by atoms with Gasteiger partial charge in [0.1, 0.15) is 5.84 Å². The summed E-state index contributed by atoms with van der Waals surface area (Å²) in [7, 11) is 2.22. The van der Waals surface area contributed by atoms with E-state index in [4.69, 9.17) is 4.99 Å². The third-order valence-corrected chi connectivity index (χ3v) is 5.32. The van der Waals surface area contributed by atoms with Crippen molar-refractivity contribution in [2.45, 2.75) is 44.7 Å². The van der Waals surface area contributed by atoms with Crippen molar-refractivity contribution in [2.24, 2.45) is 4.99 Å². The molecule has 1 aromatic rings. The highest BCUT2D eigenvalue weighted by atomic mass is 15.2. The molecule has 1 spiro atoms. The Morgan fingerprint density at radius 1 is 1.30 bits per heavy atom. The first kappa shape index (κ1) is 12.0. The van der Waals surface area contributed by atoms with Crippen LogP contribution >= 0.6 is 0 Å². The molecule has 104 valence electrons. The molecule has 0 aliphatic carbocycles. The molecule has 3 atom stereocenters. The summed E-state index contributed by atoms with van der Waals surface area (Å²) in [5.74, 6) is 1.18. The Morgan fingerprint density at radius 2 is 2.05 bits per heavy atom. The maximum absolute atomic E-state index is 4.91. The van der Waals surface area contributed by atoms with Gasteiger partial charge in [0.25, 0.3) is 0 Å². The van der Waals surface area contributed by atoms with Crippen molar-refractivity contribution in [2.75, 3.05) is 11.9 Å². The van der Waals surface area contributed by atoms with E-state index in [2.05, 4.69) is 62.3 Å². The topological polar surface area (TPSA) is 27.6 Å². The number of nitrogens with zero attached hydrogens (tertiary/aromatic N) is 2. The first-order valence-electron chi connectivity index (χ1n) is 7.40. The summed E-state index contributed by atoms with van der Waals surface area (Å²) >= 11 is 0. The van der Waals surface area contributed by atoms with Gasteiger partial charge in [-0.3, -0.25) is 4.99 Å². The van der Waals surface area contributed by atoms with E-state index < -0.39 is 0 Å². The van der Waals surface area contributed by atoms with Crippen LogP contribution in [0.5, 0.6) is 0 Å². The lowest BCUT2D eigenvalue weighted by Gasteiger charge is -2.42. The van der Waals surface area contributed by atoms with Gasteiger partial charge in [0, 0.05) is 18.4 Å². The zero-order valence-electron chi connectivity index (χ0n) is 12.6. The Kier molecular flexibility index (Phi) is 2.20. The van der Waals surface area contributed by atoms with Crippen LogP contribution in [0.25, 0.3) is 0 Å². The Bertz CT molecular complexity index is 658. The fourth-order valence-electron chi connectivity index (χ4n) is 4.48. The SMILES string of the molecule is CC1=C(C)C2N(C)c3ccccc3[C@@]23C[C@@H](C)N=C3N1. The quantitative estimate of drug-likeness (QED) is 0.782. The van der Waals surface area contributed by atoms with Crippen LogP contribution in [0.2, 0.25) is 0 Å². The molecule has 1 N–H and O–H groups in total. The molecule has 0 saturated carbocycles. The monoisotopic (exact) mass is 267 g/mol. The molecule has 1 aromatic carbocycles. The number of anilines is 1. The number of fused-ring (bicyclic) bond motifs is 1. The van der Waals surface area contributed by atoms with Gasteiger partial charge in [-0.2, -0.15) is 0 Å². The number of para-hydroxylation sites is 1. The molecule has 0 aromatic heterocycles. The maximum atomic E-state index is 4.91. The number of nitrogens with one attached hydrogen (secondary N) is 1. The van der Waals surface area contributed by atoms with Crippen molar-refractivity contribution >= 4 is 11.5 Å². The van der Waals surface area contributed by atoms with Gasteiger partial charge in [0.2, 0.25) is 0 Å². The smallest absolute Gasteiger partial charge is 0.114 e. The van der Waals surface area contributed by atoms with Gasteiger partial charge >= 0.3 is 0 Å². The van der Waals surface area contributed by atoms with Gasteiger partial charge in [-0.05, 0) is 44.4 Å². The Labute approximate surface area is 120 Å². The Balaban J connectivity index is 2.03. The predicted molar refractivity (Wildman–Crippen MR) is 83.3 cm³/mol. The average molecular weight is 267 g/mol. The molecule has 1 unspecified atom stereocenters. The second kappa shape index (κ2) is 3.66. The van der Waals surface area contributed by atoms with Crippen LogP contribution < -0.4 is 10.2 Å². The molecule has 0 bridgehead atoms. The summed E-state index contributed by atoms with van der Waals surface area (Å²) in [6, 6.07) is 9.62. The van der Waals surface area contributed by atoms with Gasteiger partial charge in [-0.15, -0.1) is 0 Å². The summed E-state index contributed by atoms with van der Waals surface area (Å²) in [5, 5.41) is 3.59. The van der Waals surface area contributed by atoms with Gasteiger partial charge in [0.15, 0.2) is 0 Å². The molecular weight excluding hydrogens is 246 g/mol. The van der Waals surface area contributed by atoms with Crippen LogP contribution in [0.1, 0.15) is 32.8 Å². The first-order chi connectivity index (χ1) is 9.55. The van der Waals surface area contributed by atoms with Crippen LogP contribution in [0, 0.1) is 0 Å². The highest BCUT2D eigenvalue weighted by Gasteiger charge is 2.58. The van der Waals surface area contributed by atoms with Crippen molar-refractivity contribution in [1.82, 2.24) is 5.32 Å². The highest BCUT2D eigenvalue weighted by Crippen LogP contribution is 2.54. The van der Waals surface area contributed by atoms with Crippen LogP contribution in [0.3, 0.4) is 0 Å². The molecule has 3 heterocycles. The zero-order valence-corrected chi connectivity index (χ0v) is 12.6. The lowest BCUT2D eigenvalue weighted by Crippen LogP contribution is -2.56. The number of allylic oxidation sites excluding steroid dienone is 1. The van der Waals surface area contributed by atoms with Gasteiger partial charge in [-0.1, -0.05) is 18.2 Å². The molecular formula is C17H21N3. The molecule has 0 saturated heterocycles. The van der Waals surface area contributed by atoms with E-state index >= 15 is 0 Å². The largest absolute Gasteiger partial charge is 0.366 e. The standard InChI is InChI=1S/C17H21N3/c1-10-9-17-13-7-5-6-8-14(13)20(4)15(17)11(2)12(3)19-16(17)18-10/h5-8,10,15H,9H2,1-4H3,(H,18,19)/t10-,15?,17+/m1/s1. The molecule has 3 aliphatic rings. The fraction of sp³-hybridized carbons (Fsp3) is 0.471. The van der Waals surface area contributed by atoms with E-state index in [1.54, 1.807) is 0 Å². The van der Waals surface area contributed by atoms with Crippen LogP contribution in [-0.2, 0) is 5.41 Å². The van der Waals surface area contributed by atoms with E-state index in [0.29, 0.717) is 12.1 Å². The molecule has 3 nitrogen and oxygen atoms in total. The van der Waals surface area contributed by atoms with E-state index in [9.17, 15) is 0 Å². The lowest BCUT2D eigenvalue weighted by atomic mass is 9.69. The van der Waals surface area contributed by atoms with Crippen molar-refractivity contribution in [3.05, 3.63) is 41.1 Å². The van der Waals surface area contributed by atoms with Gasteiger partial charge in [0.05, 0.1) is 17.5 Å². The third-order valence-electron chi connectivity index (χ3n) is 5.32. The van der Waals surface area contributed by atoms with Gasteiger partial charge in [-0.25, -0.2) is 0 Å². The molecule has 20 heavy (non-hydrogen) atoms. The summed E-state index contributed by atoms with van der Waals surface area (Å²) in [6.07, 6.45) is 1.10. The van der Waals surface area contributed by atoms with Gasteiger partial charge < -0.3 is 10.2 Å². The minimum atomic E-state index is 0.0361. The zero-order chi connectivity index (χ0) is 14.1. The first-order valence-corrected chi connectivity index (χ1v) is 7.40. The highest BCUT2D eigenvalue weighted by molar-refractivity contribution is 6.02. The number of likely N-dealkylation sites (N-methyl/N-ethyl adjacent to an activating group) is 1. The second-order valence-corrected chi connectivity index (χ2v) is 6.47. The molecule has 3 aliphatic heterocycles. The average Bonchev–Trinajstić information content (AvgIpc) is 2.87. The second-order valence-electron chi connectivity index (χ2n) is 6.47. The summed E-state index contributed by atoms with van der Waals surface area (Å²) in [5.41, 5.74) is 5.54. The Hall–Kier alpha value is -1.77. The van der Waals surface area contributed by atoms with E-state index in [1.807, 2.05) is 0 Å². The molecule has 0 fully saturated rings. The Morgan fingerprint density at radius 3 is 2.85 bits per heavy atom. The number of rotatable bonds is 0. The summed E-state index contributed by atoms with van der Waals surface area (Å²) in [4.78, 5) is 7.35. The number of aliphatic imine (C=N–C) groups is 1. The van der Waals surface area contributed by atoms with Crippen LogP contribution in [-0.4, -0.2) is 25.0 Å². The normalized spacial score (nSPS) is 34.4. The van der Waals surface area contributed by atoms with Crippen molar-refractivity contribution < 1.29 is 0 Å². The number of benzene rings is 1. The predicted octanol–water partition coefficient (Wildman–Crippen LogP) is 2.83. The summed E-state index contributed by atoms with van der Waals surface area (Å²) in [6.45, 7) is 6.66. The number of amidine groups is 1. The molecule has 0 radical (unpaired) electrons.